The van der Waals surface area contributed by atoms with Crippen molar-refractivity contribution in [3.05, 3.63) is 59.7 Å². The molecule has 33 heavy (non-hydrogen) atoms. The minimum atomic E-state index is -2.24. The van der Waals surface area contributed by atoms with Crippen LogP contribution < -0.4 is 5.73 Å². The molecule has 0 spiro atoms. The number of carbonyl (C=O) groups is 3. The fourth-order valence-corrected chi connectivity index (χ4v) is 4.69. The molecular formula is C25H28N2O6. The molecular weight excluding hydrogens is 424 g/mol. The molecule has 1 unspecified atom stereocenters. The van der Waals surface area contributed by atoms with Gasteiger partial charge in [0.2, 0.25) is 5.54 Å². The number of esters is 1. The van der Waals surface area contributed by atoms with Crippen molar-refractivity contribution in [2.45, 2.75) is 50.3 Å². The summed E-state index contributed by atoms with van der Waals surface area (Å²) in [6.45, 7) is 4.81. The largest absolute Gasteiger partial charge is 0.479 e. The molecule has 0 aromatic heterocycles. The third kappa shape index (κ3) is 3.95. The Morgan fingerprint density at radius 3 is 2.12 bits per heavy atom. The molecule has 0 bridgehead atoms. The van der Waals surface area contributed by atoms with Crippen LogP contribution in [0, 0.1) is 0 Å². The number of aliphatic carboxylic acids is 1. The first-order chi connectivity index (χ1) is 15.5. The van der Waals surface area contributed by atoms with Gasteiger partial charge >= 0.3 is 18.0 Å². The molecule has 1 saturated heterocycles. The second-order valence-corrected chi connectivity index (χ2v) is 9.55. The maximum atomic E-state index is 13.3. The molecule has 8 heteroatoms. The van der Waals surface area contributed by atoms with Gasteiger partial charge in [0, 0.05) is 24.9 Å². The first kappa shape index (κ1) is 22.8. The Labute approximate surface area is 192 Å². The number of carboxylic acid groups (broad SMARTS) is 1. The average Bonchev–Trinajstić information content (AvgIpc) is 3.27. The van der Waals surface area contributed by atoms with Gasteiger partial charge in [0.25, 0.3) is 0 Å². The number of nitrogens with two attached hydrogens (primary N) is 1. The number of rotatable bonds is 4. The maximum absolute atomic E-state index is 13.3. The van der Waals surface area contributed by atoms with Gasteiger partial charge < -0.3 is 20.3 Å². The number of fused-ring (bicyclic) bond motifs is 3. The standard InChI is InChI=1S/C25H28N2O6/c1-24(2,3)33-23(31)27-13-15(26)12-25(27,21(28)29)22(30)32-14-20-18-10-6-4-8-16(18)17-9-5-7-11-19(17)20/h4-11,15,20H,12-14,26H2,1-3H3,(H,28,29)/t15?,25-/m1/s1. The van der Waals surface area contributed by atoms with Crippen molar-refractivity contribution in [2.75, 3.05) is 13.2 Å². The van der Waals surface area contributed by atoms with E-state index in [4.69, 9.17) is 15.2 Å². The van der Waals surface area contributed by atoms with E-state index in [-0.39, 0.29) is 25.5 Å². The number of likely N-dealkylation sites (tertiary alicyclic amines) is 1. The molecule has 2 atom stereocenters. The number of hydrogen-bond donors (Lipinski definition) is 2. The third-order valence-corrected chi connectivity index (χ3v) is 6.08. The van der Waals surface area contributed by atoms with Crippen molar-refractivity contribution in [3.63, 3.8) is 0 Å². The van der Waals surface area contributed by atoms with Crippen LogP contribution in [0.25, 0.3) is 11.1 Å². The molecule has 0 saturated carbocycles. The lowest BCUT2D eigenvalue weighted by Crippen LogP contribution is -2.60. The molecule has 1 heterocycles. The van der Waals surface area contributed by atoms with Crippen LogP contribution in [0.15, 0.2) is 48.5 Å². The van der Waals surface area contributed by atoms with Gasteiger partial charge in [-0.3, -0.25) is 4.90 Å². The zero-order valence-electron chi connectivity index (χ0n) is 18.9. The van der Waals surface area contributed by atoms with Gasteiger partial charge in [-0.2, -0.15) is 0 Å². The number of ether oxygens (including phenoxy) is 2. The van der Waals surface area contributed by atoms with Gasteiger partial charge in [0.15, 0.2) is 0 Å². The molecule has 3 N–H and O–H groups in total. The molecule has 1 amide bonds. The molecule has 8 nitrogen and oxygen atoms in total. The number of carbonyl (C=O) groups excluding carboxylic acids is 2. The lowest BCUT2D eigenvalue weighted by atomic mass is 9.94. The van der Waals surface area contributed by atoms with Gasteiger partial charge in [0.05, 0.1) is 0 Å². The van der Waals surface area contributed by atoms with Crippen LogP contribution in [0.3, 0.4) is 0 Å². The summed E-state index contributed by atoms with van der Waals surface area (Å²) >= 11 is 0. The second-order valence-electron chi connectivity index (χ2n) is 9.55. The fraction of sp³-hybridized carbons (Fsp3) is 0.400. The molecule has 1 aliphatic carbocycles. The minimum absolute atomic E-state index is 0.0563. The number of nitrogens with zero attached hydrogens (tertiary/aromatic N) is 1. The topological polar surface area (TPSA) is 119 Å². The number of benzene rings is 2. The van der Waals surface area contributed by atoms with Crippen LogP contribution in [0.1, 0.15) is 44.2 Å². The number of amides is 1. The van der Waals surface area contributed by atoms with E-state index in [1.54, 1.807) is 20.8 Å². The van der Waals surface area contributed by atoms with Gasteiger partial charge in [-0.25, -0.2) is 14.4 Å². The Kier molecular flexibility index (Phi) is 5.66. The molecule has 0 radical (unpaired) electrons. The molecule has 1 aliphatic heterocycles. The minimum Gasteiger partial charge on any atom is -0.479 e. The molecule has 2 aromatic rings. The monoisotopic (exact) mass is 452 g/mol. The fourth-order valence-electron chi connectivity index (χ4n) is 4.69. The highest BCUT2D eigenvalue weighted by Crippen LogP contribution is 2.45. The van der Waals surface area contributed by atoms with Crippen molar-refractivity contribution in [2.24, 2.45) is 5.73 Å². The highest BCUT2D eigenvalue weighted by molar-refractivity contribution is 6.07. The summed E-state index contributed by atoms with van der Waals surface area (Å²) in [6, 6.07) is 15.0. The first-order valence-corrected chi connectivity index (χ1v) is 10.9. The summed E-state index contributed by atoms with van der Waals surface area (Å²) < 4.78 is 11.0. The van der Waals surface area contributed by atoms with Crippen LogP contribution in [-0.2, 0) is 19.1 Å². The van der Waals surface area contributed by atoms with E-state index in [0.717, 1.165) is 27.2 Å². The molecule has 1 fully saturated rings. The predicted molar refractivity (Wildman–Crippen MR) is 121 cm³/mol. The van der Waals surface area contributed by atoms with Crippen LogP contribution in [0.5, 0.6) is 0 Å². The quantitative estimate of drug-likeness (QED) is 0.540. The Hall–Kier alpha value is -3.39. The third-order valence-electron chi connectivity index (χ3n) is 6.08. The Bertz CT molecular complexity index is 1060. The summed E-state index contributed by atoms with van der Waals surface area (Å²) in [5.41, 5.74) is 7.02. The molecule has 2 aliphatic rings. The summed E-state index contributed by atoms with van der Waals surface area (Å²) in [6.07, 6.45) is -1.16. The highest BCUT2D eigenvalue weighted by atomic mass is 16.6. The van der Waals surface area contributed by atoms with Crippen LogP contribution in [-0.4, -0.2) is 58.4 Å². The zero-order chi connectivity index (χ0) is 24.0. The Morgan fingerprint density at radius 2 is 1.61 bits per heavy atom. The van der Waals surface area contributed by atoms with Gasteiger partial charge in [-0.15, -0.1) is 0 Å². The SMILES string of the molecule is CC(C)(C)OC(=O)N1CC(N)C[C@@]1(C(=O)O)C(=O)OCC1c2ccccc2-c2ccccc21. The van der Waals surface area contributed by atoms with Crippen LogP contribution >= 0.6 is 0 Å². The summed E-state index contributed by atoms with van der Waals surface area (Å²) in [5.74, 6) is -2.74. The maximum Gasteiger partial charge on any atom is 0.411 e. The number of hydrogen-bond acceptors (Lipinski definition) is 6. The lowest BCUT2D eigenvalue weighted by Gasteiger charge is -2.34. The van der Waals surface area contributed by atoms with Gasteiger partial charge in [-0.05, 0) is 43.0 Å². The van der Waals surface area contributed by atoms with E-state index in [9.17, 15) is 19.5 Å². The Balaban J connectivity index is 1.61. The van der Waals surface area contributed by atoms with Crippen molar-refractivity contribution < 1.29 is 29.0 Å². The van der Waals surface area contributed by atoms with Crippen LogP contribution in [0.2, 0.25) is 0 Å². The van der Waals surface area contributed by atoms with Crippen LogP contribution in [0.4, 0.5) is 4.79 Å². The lowest BCUT2D eigenvalue weighted by molar-refractivity contribution is -0.169. The smallest absolute Gasteiger partial charge is 0.411 e. The van der Waals surface area contributed by atoms with E-state index in [2.05, 4.69) is 0 Å². The highest BCUT2D eigenvalue weighted by Gasteiger charge is 2.61. The first-order valence-electron chi connectivity index (χ1n) is 10.9. The second kappa shape index (κ2) is 8.19. The van der Waals surface area contributed by atoms with Crippen molar-refractivity contribution in [3.8, 4) is 11.1 Å². The number of carboxylic acids is 1. The molecule has 4 rings (SSSR count). The molecule has 174 valence electrons. The van der Waals surface area contributed by atoms with E-state index in [1.165, 1.54) is 0 Å². The van der Waals surface area contributed by atoms with Gasteiger partial charge in [0.1, 0.15) is 12.2 Å². The van der Waals surface area contributed by atoms with E-state index < -0.39 is 35.2 Å². The van der Waals surface area contributed by atoms with Gasteiger partial charge in [-0.1, -0.05) is 48.5 Å². The zero-order valence-corrected chi connectivity index (χ0v) is 18.9. The van der Waals surface area contributed by atoms with Crippen molar-refractivity contribution in [1.82, 2.24) is 4.90 Å². The van der Waals surface area contributed by atoms with E-state index >= 15 is 0 Å². The summed E-state index contributed by atoms with van der Waals surface area (Å²) in [4.78, 5) is 39.4. The summed E-state index contributed by atoms with van der Waals surface area (Å²) in [5, 5.41) is 10.1. The van der Waals surface area contributed by atoms with E-state index in [1.807, 2.05) is 48.5 Å². The van der Waals surface area contributed by atoms with Crippen molar-refractivity contribution in [1.29, 1.82) is 0 Å². The van der Waals surface area contributed by atoms with E-state index in [0.29, 0.717) is 0 Å². The van der Waals surface area contributed by atoms with Crippen molar-refractivity contribution >= 4 is 18.0 Å². The predicted octanol–water partition coefficient (Wildman–Crippen LogP) is 3.13. The Morgan fingerprint density at radius 1 is 1.06 bits per heavy atom. The average molecular weight is 453 g/mol. The molecule has 2 aromatic carbocycles. The normalized spacial score (nSPS) is 21.9. The summed E-state index contributed by atoms with van der Waals surface area (Å²) in [7, 11) is 0.